The van der Waals surface area contributed by atoms with E-state index in [2.05, 4.69) is 10.1 Å². The fraction of sp³-hybridized carbons (Fsp3) is 0.227. The molecule has 0 saturated carbocycles. The minimum atomic E-state index is -0.666. The van der Waals surface area contributed by atoms with E-state index in [1.165, 1.54) is 65.9 Å². The van der Waals surface area contributed by atoms with Gasteiger partial charge in [-0.15, -0.1) is 0 Å². The normalized spacial score (nSPS) is 10.4. The van der Waals surface area contributed by atoms with Crippen LogP contribution in [0.5, 0.6) is 17.2 Å². The Hall–Kier alpha value is -4.01. The van der Waals surface area contributed by atoms with E-state index in [0.717, 1.165) is 0 Å². The molecular weight excluding hydrogens is 406 g/mol. The number of ether oxygens (including phenoxy) is 5. The van der Waals surface area contributed by atoms with Crippen LogP contribution >= 0.6 is 0 Å². The Balaban J connectivity index is 2.32. The molecule has 0 bridgehead atoms. The number of anilines is 1. The van der Waals surface area contributed by atoms with E-state index in [1.807, 2.05) is 0 Å². The van der Waals surface area contributed by atoms with E-state index in [9.17, 15) is 14.4 Å². The summed E-state index contributed by atoms with van der Waals surface area (Å²) in [6, 6.07) is 7.45. The summed E-state index contributed by atoms with van der Waals surface area (Å²) < 4.78 is 25.2. The van der Waals surface area contributed by atoms with Gasteiger partial charge in [0.05, 0.1) is 52.4 Å². The van der Waals surface area contributed by atoms with E-state index in [1.54, 1.807) is 12.1 Å². The fourth-order valence-corrected chi connectivity index (χ4v) is 2.72. The Morgan fingerprint density at radius 2 is 1.42 bits per heavy atom. The molecule has 0 spiro atoms. The average Bonchev–Trinajstić information content (AvgIpc) is 2.80. The second kappa shape index (κ2) is 10.7. The minimum Gasteiger partial charge on any atom is -0.493 e. The SMILES string of the molecule is COC(=O)c1ccc(C(=O)OC)c(NC(=O)C=Cc2cc(OC)c(OC)c(OC)c2)c1. The first-order valence-corrected chi connectivity index (χ1v) is 8.98. The molecule has 0 aromatic heterocycles. The van der Waals surface area contributed by atoms with Gasteiger partial charge in [0.1, 0.15) is 0 Å². The van der Waals surface area contributed by atoms with Crippen LogP contribution in [0, 0.1) is 0 Å². The lowest BCUT2D eigenvalue weighted by atomic mass is 10.1. The number of methoxy groups -OCH3 is 5. The van der Waals surface area contributed by atoms with Gasteiger partial charge in [-0.25, -0.2) is 9.59 Å². The van der Waals surface area contributed by atoms with Crippen LogP contribution in [-0.2, 0) is 14.3 Å². The van der Waals surface area contributed by atoms with E-state index in [4.69, 9.17) is 18.9 Å². The summed E-state index contributed by atoms with van der Waals surface area (Å²) in [5.74, 6) is -0.531. The van der Waals surface area contributed by atoms with Crippen LogP contribution in [-0.4, -0.2) is 53.4 Å². The standard InChI is InChI=1S/C22H23NO8/c1-27-17-10-13(11-18(28-2)20(17)29-3)6-9-19(24)23-16-12-14(21(25)30-4)7-8-15(16)22(26)31-5/h6-12H,1-5H3,(H,23,24). The molecule has 2 rings (SSSR count). The zero-order valence-electron chi connectivity index (χ0n) is 17.8. The van der Waals surface area contributed by atoms with Gasteiger partial charge >= 0.3 is 11.9 Å². The van der Waals surface area contributed by atoms with Gasteiger partial charge in [-0.1, -0.05) is 0 Å². The lowest BCUT2D eigenvalue weighted by Gasteiger charge is -2.13. The Kier molecular flexibility index (Phi) is 8.01. The summed E-state index contributed by atoms with van der Waals surface area (Å²) in [6.45, 7) is 0. The van der Waals surface area contributed by atoms with Crippen molar-refractivity contribution < 1.29 is 38.1 Å². The Morgan fingerprint density at radius 3 is 1.94 bits per heavy atom. The highest BCUT2D eigenvalue weighted by Gasteiger charge is 2.17. The molecule has 9 nitrogen and oxygen atoms in total. The van der Waals surface area contributed by atoms with Gasteiger partial charge in [-0.3, -0.25) is 4.79 Å². The van der Waals surface area contributed by atoms with Crippen LogP contribution in [0.3, 0.4) is 0 Å². The molecule has 31 heavy (non-hydrogen) atoms. The predicted octanol–water partition coefficient (Wildman–Crippen LogP) is 2.94. The highest BCUT2D eigenvalue weighted by Crippen LogP contribution is 2.38. The molecule has 2 aromatic carbocycles. The first-order valence-electron chi connectivity index (χ1n) is 8.98. The molecule has 0 fully saturated rings. The van der Waals surface area contributed by atoms with Gasteiger partial charge in [-0.05, 0) is 42.0 Å². The summed E-state index contributed by atoms with van der Waals surface area (Å²) >= 11 is 0. The van der Waals surface area contributed by atoms with Crippen LogP contribution in [0.2, 0.25) is 0 Å². The molecule has 0 unspecified atom stereocenters. The van der Waals surface area contributed by atoms with Crippen molar-refractivity contribution in [2.75, 3.05) is 40.9 Å². The Morgan fingerprint density at radius 1 is 0.806 bits per heavy atom. The number of carbonyl (C=O) groups excluding carboxylic acids is 3. The predicted molar refractivity (Wildman–Crippen MR) is 113 cm³/mol. The maximum Gasteiger partial charge on any atom is 0.339 e. The van der Waals surface area contributed by atoms with Crippen molar-refractivity contribution in [1.82, 2.24) is 0 Å². The third kappa shape index (κ3) is 5.53. The quantitative estimate of drug-likeness (QED) is 0.504. The number of amides is 1. The number of esters is 2. The van der Waals surface area contributed by atoms with E-state index >= 15 is 0 Å². The van der Waals surface area contributed by atoms with Gasteiger partial charge in [0, 0.05) is 6.08 Å². The zero-order valence-corrected chi connectivity index (χ0v) is 17.8. The molecule has 0 aliphatic rings. The van der Waals surface area contributed by atoms with E-state index < -0.39 is 17.8 Å². The topological polar surface area (TPSA) is 109 Å². The molecule has 0 aliphatic heterocycles. The average molecular weight is 429 g/mol. The molecule has 2 aromatic rings. The number of nitrogens with one attached hydrogen (secondary N) is 1. The fourth-order valence-electron chi connectivity index (χ4n) is 2.72. The largest absolute Gasteiger partial charge is 0.493 e. The third-order valence-corrected chi connectivity index (χ3v) is 4.22. The van der Waals surface area contributed by atoms with Crippen molar-refractivity contribution in [3.63, 3.8) is 0 Å². The van der Waals surface area contributed by atoms with E-state index in [0.29, 0.717) is 22.8 Å². The smallest absolute Gasteiger partial charge is 0.339 e. The van der Waals surface area contributed by atoms with Gasteiger partial charge < -0.3 is 29.0 Å². The number of carbonyl (C=O) groups is 3. The van der Waals surface area contributed by atoms with Gasteiger partial charge in [0.15, 0.2) is 11.5 Å². The second-order valence-corrected chi connectivity index (χ2v) is 6.02. The summed E-state index contributed by atoms with van der Waals surface area (Å²) in [7, 11) is 6.91. The summed E-state index contributed by atoms with van der Waals surface area (Å²) in [5, 5.41) is 2.57. The molecule has 1 amide bonds. The van der Waals surface area contributed by atoms with Gasteiger partial charge in [0.2, 0.25) is 11.7 Å². The van der Waals surface area contributed by atoms with Crippen molar-refractivity contribution in [3.8, 4) is 17.2 Å². The van der Waals surface area contributed by atoms with Crippen LogP contribution in [0.25, 0.3) is 6.08 Å². The molecule has 164 valence electrons. The number of hydrogen-bond donors (Lipinski definition) is 1. The molecule has 0 heterocycles. The third-order valence-electron chi connectivity index (χ3n) is 4.22. The van der Waals surface area contributed by atoms with Crippen LogP contribution in [0.4, 0.5) is 5.69 Å². The highest BCUT2D eigenvalue weighted by atomic mass is 16.5. The molecule has 0 atom stereocenters. The molecule has 1 N–H and O–H groups in total. The van der Waals surface area contributed by atoms with Crippen LogP contribution in [0.1, 0.15) is 26.3 Å². The summed E-state index contributed by atoms with van der Waals surface area (Å²) in [5.41, 5.74) is 0.971. The maximum atomic E-state index is 12.5. The van der Waals surface area contributed by atoms with E-state index in [-0.39, 0.29) is 16.8 Å². The highest BCUT2D eigenvalue weighted by molar-refractivity contribution is 6.07. The molecule has 0 saturated heterocycles. The minimum absolute atomic E-state index is 0.0877. The zero-order chi connectivity index (χ0) is 23.0. The molecule has 0 radical (unpaired) electrons. The Labute approximate surface area is 179 Å². The van der Waals surface area contributed by atoms with Crippen molar-refractivity contribution in [2.24, 2.45) is 0 Å². The lowest BCUT2D eigenvalue weighted by Crippen LogP contribution is -2.14. The maximum absolute atomic E-state index is 12.5. The molecule has 9 heteroatoms. The van der Waals surface area contributed by atoms with Crippen molar-refractivity contribution >= 4 is 29.6 Å². The molecule has 0 aliphatic carbocycles. The van der Waals surface area contributed by atoms with Crippen LogP contribution < -0.4 is 19.5 Å². The van der Waals surface area contributed by atoms with Crippen LogP contribution in [0.15, 0.2) is 36.4 Å². The first-order chi connectivity index (χ1) is 14.9. The summed E-state index contributed by atoms with van der Waals surface area (Å²) in [6.07, 6.45) is 2.79. The Bertz CT molecular complexity index is 988. The first kappa shape index (κ1) is 23.3. The van der Waals surface area contributed by atoms with Gasteiger partial charge in [-0.2, -0.15) is 0 Å². The molecular formula is C22H23NO8. The number of hydrogen-bond acceptors (Lipinski definition) is 8. The van der Waals surface area contributed by atoms with Crippen molar-refractivity contribution in [3.05, 3.63) is 53.1 Å². The monoisotopic (exact) mass is 429 g/mol. The lowest BCUT2D eigenvalue weighted by molar-refractivity contribution is -0.111. The van der Waals surface area contributed by atoms with Gasteiger partial charge in [0.25, 0.3) is 0 Å². The number of benzene rings is 2. The summed E-state index contributed by atoms with van der Waals surface area (Å²) in [4.78, 5) is 36.3. The second-order valence-electron chi connectivity index (χ2n) is 6.02. The van der Waals surface area contributed by atoms with Crippen molar-refractivity contribution in [2.45, 2.75) is 0 Å². The number of rotatable bonds is 8. The van der Waals surface area contributed by atoms with Crippen molar-refractivity contribution in [1.29, 1.82) is 0 Å².